The molecule has 2 aromatic heterocycles. The van der Waals surface area contributed by atoms with Crippen LogP contribution in [0, 0.1) is 94.0 Å². The summed E-state index contributed by atoms with van der Waals surface area (Å²) in [7, 11) is 0. The molecule has 0 N–H and O–H groups in total. The molecule has 52 heavy (non-hydrogen) atoms. The maximum Gasteiger partial charge on any atom is 0.270 e. The van der Waals surface area contributed by atoms with E-state index in [1.807, 2.05) is 0 Å². The number of rotatable bonds is 2. The van der Waals surface area contributed by atoms with Gasteiger partial charge in [0.05, 0.1) is 83.0 Å². The predicted octanol–water partition coefficient (Wildman–Crippen LogP) is 6.24. The molecule has 2 aliphatic rings. The van der Waals surface area contributed by atoms with E-state index in [0.29, 0.717) is 12.4 Å². The minimum absolute atomic E-state index is 0.0232. The second-order valence-corrected chi connectivity index (χ2v) is 10.9. The van der Waals surface area contributed by atoms with Crippen molar-refractivity contribution in [3.63, 3.8) is 0 Å². The van der Waals surface area contributed by atoms with E-state index in [0.717, 1.165) is 0 Å². The zero-order valence-electron chi connectivity index (χ0n) is 24.9. The van der Waals surface area contributed by atoms with Gasteiger partial charge in [-0.05, 0) is 11.1 Å². The Balaban J connectivity index is 1.64. The van der Waals surface area contributed by atoms with E-state index in [-0.39, 0.29) is 68.3 Å². The van der Waals surface area contributed by atoms with Gasteiger partial charge in [-0.1, -0.05) is 0 Å². The van der Waals surface area contributed by atoms with Crippen molar-refractivity contribution in [2.45, 2.75) is 12.8 Å². The van der Waals surface area contributed by atoms with Gasteiger partial charge in [0.1, 0.15) is 0 Å². The van der Waals surface area contributed by atoms with Crippen LogP contribution in [0.5, 0.6) is 0 Å². The molecule has 5 aromatic rings. The molecule has 0 saturated carbocycles. The number of hydrogen-bond acceptors (Lipinski definition) is 6. The maximum absolute atomic E-state index is 14.9. The molecular formula is C34H6F10N8. The third kappa shape index (κ3) is 4.38. The highest BCUT2D eigenvalue weighted by molar-refractivity contribution is 5.91. The van der Waals surface area contributed by atoms with Crippen molar-refractivity contribution in [2.24, 2.45) is 0 Å². The lowest BCUT2D eigenvalue weighted by Crippen LogP contribution is -2.26. The molecule has 0 unspecified atom stereocenters. The smallest absolute Gasteiger partial charge is 0.256 e. The normalized spacial score (nSPS) is 11.8. The predicted molar refractivity (Wildman–Crippen MR) is 155 cm³/mol. The molecule has 18 heteroatoms. The Hall–Kier alpha value is -7.18. The highest BCUT2D eigenvalue weighted by Crippen LogP contribution is 2.41. The Morgan fingerprint density at radius 1 is 0.519 bits per heavy atom. The molecule has 8 nitrogen and oxygen atoms in total. The van der Waals surface area contributed by atoms with Gasteiger partial charge in [0.15, 0.2) is 46.5 Å². The van der Waals surface area contributed by atoms with Gasteiger partial charge < -0.3 is 0 Å². The Bertz CT molecular complexity index is 2620. The maximum atomic E-state index is 14.9. The van der Waals surface area contributed by atoms with Crippen LogP contribution < -0.4 is 10.4 Å². The molecule has 0 saturated heterocycles. The lowest BCUT2D eigenvalue weighted by atomic mass is 9.92. The molecule has 0 fully saturated rings. The molecule has 0 atom stereocenters. The van der Waals surface area contributed by atoms with Gasteiger partial charge in [0.25, 0.3) is 11.4 Å². The summed E-state index contributed by atoms with van der Waals surface area (Å²) in [6, 6.07) is 3.36. The third-order valence-corrected chi connectivity index (χ3v) is 8.41. The van der Waals surface area contributed by atoms with Gasteiger partial charge in [0.2, 0.25) is 11.6 Å². The largest absolute Gasteiger partial charge is 0.270 e. The van der Waals surface area contributed by atoms with E-state index in [1.165, 1.54) is 0 Å². The lowest BCUT2D eigenvalue weighted by molar-refractivity contribution is 0.381. The first-order valence-electron chi connectivity index (χ1n) is 14.1. The Kier molecular flexibility index (Phi) is 7.51. The van der Waals surface area contributed by atoms with Crippen LogP contribution in [0.2, 0.25) is 0 Å². The number of nitrogens with zero attached hydrogens (tertiary/aromatic N) is 8. The average molecular weight is 716 g/mol. The molecule has 0 amide bonds. The van der Waals surface area contributed by atoms with Gasteiger partial charge in [0, 0.05) is 34.4 Å². The Morgan fingerprint density at radius 3 is 1.17 bits per heavy atom. The van der Waals surface area contributed by atoms with Crippen molar-refractivity contribution < 1.29 is 43.9 Å². The molecule has 3 aromatic carbocycles. The van der Waals surface area contributed by atoms with Crippen LogP contribution >= 0.6 is 0 Å². The van der Waals surface area contributed by atoms with Crippen LogP contribution in [0.15, 0.2) is 12.4 Å². The highest BCUT2D eigenvalue weighted by Gasteiger charge is 2.37. The topological polar surface area (TPSA) is 108 Å². The van der Waals surface area contributed by atoms with Gasteiger partial charge in [-0.3, -0.25) is 9.97 Å². The number of benzene rings is 3. The van der Waals surface area contributed by atoms with E-state index in [2.05, 4.69) is 29.6 Å². The number of nitriles is 2. The minimum Gasteiger partial charge on any atom is -0.256 e. The summed E-state index contributed by atoms with van der Waals surface area (Å²) in [5.41, 5.74) is -7.42. The van der Waals surface area contributed by atoms with Crippen LogP contribution in [0.1, 0.15) is 22.5 Å². The number of fused-ring (bicyclic) bond motifs is 6. The van der Waals surface area contributed by atoms with Gasteiger partial charge in [-0.2, -0.15) is 0 Å². The summed E-state index contributed by atoms with van der Waals surface area (Å²) in [4.78, 5) is 22.9. The van der Waals surface area contributed by atoms with E-state index < -0.39 is 92.1 Å². The standard InChI is InChI=1S/C34H6F10N8/c1-47-13(5-45)17-9-3-11-33(51-15(7-49-11)21-23(35)27(39)31(43)28(40)24(21)36)18(9)20(14(6-46)48-2)19-10(17)4-12-34(19)52-16(8-50-12)22-25(37)29(41)32(44)30(42)26(22)38/h7-8H,3-4H2. The number of hydrogen-bond donors (Lipinski definition) is 0. The first-order chi connectivity index (χ1) is 24.8. The fourth-order valence-corrected chi connectivity index (χ4v) is 6.25. The van der Waals surface area contributed by atoms with Crippen LogP contribution in [0.3, 0.4) is 0 Å². The van der Waals surface area contributed by atoms with Crippen LogP contribution in [0.25, 0.3) is 66.1 Å². The molecule has 7 rings (SSSR count). The zero-order valence-corrected chi connectivity index (χ0v) is 24.9. The van der Waals surface area contributed by atoms with Crippen LogP contribution in [0.4, 0.5) is 43.9 Å². The molecule has 2 heterocycles. The van der Waals surface area contributed by atoms with E-state index in [1.54, 1.807) is 12.1 Å². The SMILES string of the molecule is [C-]#[N+]C(C#N)=c1c2c(c(=C(C#N)[N+]#[C-])c3c1Cc1ncc(-c4c(F)c(F)c(F)c(F)c4F)nc1-3)-c1nc(-c3c(F)c(F)c(F)c(F)c3F)cnc1C2. The number of halogens is 10. The van der Waals surface area contributed by atoms with Gasteiger partial charge >= 0.3 is 0 Å². The molecule has 2 aliphatic carbocycles. The molecule has 0 bridgehead atoms. The van der Waals surface area contributed by atoms with Crippen molar-refractivity contribution in [3.05, 3.63) is 126 Å². The van der Waals surface area contributed by atoms with E-state index in [9.17, 15) is 54.4 Å². The second-order valence-electron chi connectivity index (χ2n) is 10.9. The van der Waals surface area contributed by atoms with Crippen LogP contribution in [-0.4, -0.2) is 19.9 Å². The second kappa shape index (κ2) is 11.7. The lowest BCUT2D eigenvalue weighted by Gasteiger charge is -2.13. The summed E-state index contributed by atoms with van der Waals surface area (Å²) in [6.45, 7) is 15.4. The minimum atomic E-state index is -2.45. The average Bonchev–Trinajstić information content (AvgIpc) is 3.71. The zero-order chi connectivity index (χ0) is 37.5. The highest BCUT2D eigenvalue weighted by atomic mass is 19.2. The summed E-state index contributed by atoms with van der Waals surface area (Å²) in [6.07, 6.45) is 0.769. The van der Waals surface area contributed by atoms with Crippen molar-refractivity contribution >= 4 is 11.4 Å². The van der Waals surface area contributed by atoms with E-state index >= 15 is 0 Å². The molecule has 0 aliphatic heterocycles. The quantitative estimate of drug-likeness (QED) is 0.0909. The molecule has 0 spiro atoms. The van der Waals surface area contributed by atoms with E-state index in [4.69, 9.17) is 13.1 Å². The van der Waals surface area contributed by atoms with Gasteiger partial charge in [-0.15, -0.1) is 0 Å². The first-order valence-corrected chi connectivity index (χ1v) is 14.1. The summed E-state index contributed by atoms with van der Waals surface area (Å²) < 4.78 is 144. The summed E-state index contributed by atoms with van der Waals surface area (Å²) >= 11 is 0. The number of aromatic nitrogens is 4. The molecule has 0 radical (unpaired) electrons. The van der Waals surface area contributed by atoms with Crippen molar-refractivity contribution in [1.82, 2.24) is 19.9 Å². The molecular weight excluding hydrogens is 710 g/mol. The fourth-order valence-electron chi connectivity index (χ4n) is 6.25. The monoisotopic (exact) mass is 716 g/mol. The third-order valence-electron chi connectivity index (χ3n) is 8.41. The molecule has 252 valence electrons. The summed E-state index contributed by atoms with van der Waals surface area (Å²) in [5.74, 6) is -23.1. The Morgan fingerprint density at radius 2 is 0.846 bits per heavy atom. The fraction of sp³-hybridized carbons (Fsp3) is 0.0588. The van der Waals surface area contributed by atoms with Crippen molar-refractivity contribution in [1.29, 1.82) is 10.5 Å². The summed E-state index contributed by atoms with van der Waals surface area (Å²) in [5, 5.41) is 19.5. The Labute approximate surface area is 282 Å². The van der Waals surface area contributed by atoms with Crippen LogP contribution in [-0.2, 0) is 12.8 Å². The van der Waals surface area contributed by atoms with Crippen molar-refractivity contribution in [2.75, 3.05) is 0 Å². The van der Waals surface area contributed by atoms with Gasteiger partial charge in [-0.25, -0.2) is 74.1 Å². The van der Waals surface area contributed by atoms with Crippen molar-refractivity contribution in [3.8, 4) is 57.2 Å². The first kappa shape index (κ1) is 33.3.